The van der Waals surface area contributed by atoms with Crippen molar-refractivity contribution in [1.82, 2.24) is 14.9 Å². The Kier molecular flexibility index (Phi) is 8.53. The highest BCUT2D eigenvalue weighted by atomic mass is 32.2. The van der Waals surface area contributed by atoms with Gasteiger partial charge in [0.15, 0.2) is 0 Å². The van der Waals surface area contributed by atoms with Crippen LogP contribution in [0.25, 0.3) is 10.8 Å². The van der Waals surface area contributed by atoms with Gasteiger partial charge in [-0.3, -0.25) is 9.59 Å². The fraction of sp³-hybridized carbons (Fsp3) is 0.357. The van der Waals surface area contributed by atoms with E-state index >= 15 is 0 Å². The predicted molar refractivity (Wildman–Crippen MR) is 145 cm³/mol. The molecule has 1 aliphatic heterocycles. The standard InChI is InChI=1S/C28H33N3O6S/c1-19(32)29-26(17-22-8-10-24(36-2)18-27(22)37-3)28(33)30-23-12-14-31(15-13-23)38(34,35)25-11-9-20-6-4-5-7-21(20)16-25/h4-11,16,18,23,26H,12-15,17H2,1-3H3,(H,29,32)(H,30,33)/t26-/m1/s1. The maximum Gasteiger partial charge on any atom is 0.243 e. The number of ether oxygens (including phenoxy) is 2. The predicted octanol–water partition coefficient (Wildman–Crippen LogP) is 2.87. The van der Waals surface area contributed by atoms with Crippen LogP contribution in [0.4, 0.5) is 0 Å². The Morgan fingerprint density at radius 3 is 2.34 bits per heavy atom. The molecule has 0 unspecified atom stereocenters. The van der Waals surface area contributed by atoms with Crippen LogP contribution in [0.1, 0.15) is 25.3 Å². The van der Waals surface area contributed by atoms with Crippen molar-refractivity contribution < 1.29 is 27.5 Å². The second-order valence-electron chi connectivity index (χ2n) is 9.33. The van der Waals surface area contributed by atoms with Crippen molar-refractivity contribution in [3.63, 3.8) is 0 Å². The largest absolute Gasteiger partial charge is 0.497 e. The van der Waals surface area contributed by atoms with Gasteiger partial charge in [-0.15, -0.1) is 0 Å². The van der Waals surface area contributed by atoms with E-state index in [1.165, 1.54) is 18.3 Å². The molecular weight excluding hydrogens is 506 g/mol. The van der Waals surface area contributed by atoms with Crippen LogP contribution in [0.3, 0.4) is 0 Å². The smallest absolute Gasteiger partial charge is 0.243 e. The van der Waals surface area contributed by atoms with Crippen LogP contribution in [0.5, 0.6) is 11.5 Å². The highest BCUT2D eigenvalue weighted by Gasteiger charge is 2.31. The summed E-state index contributed by atoms with van der Waals surface area (Å²) in [5.74, 6) is 0.527. The molecule has 0 aliphatic carbocycles. The third kappa shape index (κ3) is 6.25. The number of piperidine rings is 1. The van der Waals surface area contributed by atoms with Crippen LogP contribution in [0.2, 0.25) is 0 Å². The lowest BCUT2D eigenvalue weighted by Gasteiger charge is -2.32. The molecule has 1 aliphatic rings. The summed E-state index contributed by atoms with van der Waals surface area (Å²) >= 11 is 0. The first-order valence-corrected chi connectivity index (χ1v) is 13.9. The lowest BCUT2D eigenvalue weighted by atomic mass is 10.0. The van der Waals surface area contributed by atoms with Gasteiger partial charge in [-0.05, 0) is 47.4 Å². The SMILES string of the molecule is COc1ccc(C[C@@H](NC(C)=O)C(=O)NC2CCN(S(=O)(=O)c3ccc4ccccc4c3)CC2)c(OC)c1. The van der Waals surface area contributed by atoms with Crippen LogP contribution in [0, 0.1) is 0 Å². The monoisotopic (exact) mass is 539 g/mol. The molecule has 38 heavy (non-hydrogen) atoms. The van der Waals surface area contributed by atoms with Crippen LogP contribution in [0.15, 0.2) is 65.6 Å². The van der Waals surface area contributed by atoms with E-state index in [1.54, 1.807) is 37.4 Å². The molecule has 0 radical (unpaired) electrons. The quantitative estimate of drug-likeness (QED) is 0.432. The van der Waals surface area contributed by atoms with Gasteiger partial charge in [0.25, 0.3) is 0 Å². The van der Waals surface area contributed by atoms with E-state index in [4.69, 9.17) is 9.47 Å². The minimum Gasteiger partial charge on any atom is -0.497 e. The molecule has 0 aromatic heterocycles. The van der Waals surface area contributed by atoms with Crippen LogP contribution in [-0.4, -0.2) is 63.9 Å². The third-order valence-electron chi connectivity index (χ3n) is 6.77. The molecule has 1 saturated heterocycles. The summed E-state index contributed by atoms with van der Waals surface area (Å²) in [4.78, 5) is 25.3. The molecule has 9 nitrogen and oxygen atoms in total. The molecule has 1 heterocycles. The zero-order valence-electron chi connectivity index (χ0n) is 21.8. The number of methoxy groups -OCH3 is 2. The number of nitrogens with zero attached hydrogens (tertiary/aromatic N) is 1. The number of benzene rings is 3. The Balaban J connectivity index is 1.40. The van der Waals surface area contributed by atoms with Gasteiger partial charge >= 0.3 is 0 Å². The van der Waals surface area contributed by atoms with Crippen molar-refractivity contribution in [3.05, 3.63) is 66.2 Å². The highest BCUT2D eigenvalue weighted by molar-refractivity contribution is 7.89. The van der Waals surface area contributed by atoms with Gasteiger partial charge in [-0.1, -0.05) is 36.4 Å². The average Bonchev–Trinajstić information content (AvgIpc) is 2.92. The number of rotatable bonds is 9. The molecule has 0 bridgehead atoms. The second-order valence-corrected chi connectivity index (χ2v) is 11.3. The highest BCUT2D eigenvalue weighted by Crippen LogP contribution is 2.27. The summed E-state index contributed by atoms with van der Waals surface area (Å²) in [7, 11) is -0.563. The Labute approximate surface area is 223 Å². The van der Waals surface area contributed by atoms with Gasteiger partial charge in [0.05, 0.1) is 19.1 Å². The minimum atomic E-state index is -3.65. The summed E-state index contributed by atoms with van der Waals surface area (Å²) in [5, 5.41) is 7.57. The summed E-state index contributed by atoms with van der Waals surface area (Å²) < 4.78 is 38.7. The molecule has 4 rings (SSSR count). The molecule has 1 atom stereocenters. The molecule has 3 aromatic carbocycles. The molecule has 3 aromatic rings. The van der Waals surface area contributed by atoms with E-state index in [-0.39, 0.29) is 42.3 Å². The maximum absolute atomic E-state index is 13.3. The number of fused-ring (bicyclic) bond motifs is 1. The fourth-order valence-corrected chi connectivity index (χ4v) is 6.22. The Bertz CT molecular complexity index is 1420. The summed E-state index contributed by atoms with van der Waals surface area (Å²) in [6.45, 7) is 1.94. The molecule has 0 spiro atoms. The summed E-state index contributed by atoms with van der Waals surface area (Å²) in [5.41, 5.74) is 0.749. The molecule has 10 heteroatoms. The van der Waals surface area contributed by atoms with Gasteiger partial charge in [0, 0.05) is 38.5 Å². The first-order valence-electron chi connectivity index (χ1n) is 12.5. The molecule has 202 valence electrons. The second kappa shape index (κ2) is 11.8. The van der Waals surface area contributed by atoms with Crippen LogP contribution in [-0.2, 0) is 26.0 Å². The Hall–Kier alpha value is -3.63. The Morgan fingerprint density at radius 2 is 1.68 bits per heavy atom. The Morgan fingerprint density at radius 1 is 0.974 bits per heavy atom. The van der Waals surface area contributed by atoms with Crippen molar-refractivity contribution >= 4 is 32.6 Å². The van der Waals surface area contributed by atoms with Gasteiger partial charge in [0.2, 0.25) is 21.8 Å². The topological polar surface area (TPSA) is 114 Å². The first kappa shape index (κ1) is 27.4. The van der Waals surface area contributed by atoms with Crippen molar-refractivity contribution in [2.45, 2.75) is 43.2 Å². The third-order valence-corrected chi connectivity index (χ3v) is 8.67. The molecule has 2 N–H and O–H groups in total. The number of hydrogen-bond acceptors (Lipinski definition) is 6. The van der Waals surface area contributed by atoms with Crippen molar-refractivity contribution in [2.24, 2.45) is 0 Å². The van der Waals surface area contributed by atoms with Gasteiger partial charge in [-0.2, -0.15) is 4.31 Å². The van der Waals surface area contributed by atoms with Crippen molar-refractivity contribution in [2.75, 3.05) is 27.3 Å². The van der Waals surface area contributed by atoms with E-state index in [1.807, 2.05) is 30.3 Å². The van der Waals surface area contributed by atoms with E-state index < -0.39 is 16.1 Å². The molecule has 1 fully saturated rings. The number of sulfonamides is 1. The molecule has 0 saturated carbocycles. The minimum absolute atomic E-state index is 0.209. The van der Waals surface area contributed by atoms with Crippen molar-refractivity contribution in [3.8, 4) is 11.5 Å². The van der Waals surface area contributed by atoms with Gasteiger partial charge < -0.3 is 20.1 Å². The average molecular weight is 540 g/mol. The number of carbonyl (C=O) groups is 2. The van der Waals surface area contributed by atoms with Crippen molar-refractivity contribution in [1.29, 1.82) is 0 Å². The van der Waals surface area contributed by atoms with E-state index in [0.29, 0.717) is 24.3 Å². The fourth-order valence-electron chi connectivity index (χ4n) is 4.71. The normalized spacial score (nSPS) is 15.6. The van der Waals surface area contributed by atoms with Gasteiger partial charge in [0.1, 0.15) is 17.5 Å². The number of nitrogens with one attached hydrogen (secondary N) is 2. The lowest BCUT2D eigenvalue weighted by Crippen LogP contribution is -2.53. The zero-order valence-corrected chi connectivity index (χ0v) is 22.6. The van der Waals surface area contributed by atoms with Gasteiger partial charge in [-0.25, -0.2) is 8.42 Å². The zero-order chi connectivity index (χ0) is 27.3. The van der Waals surface area contributed by atoms with E-state index in [2.05, 4.69) is 10.6 Å². The number of hydrogen-bond donors (Lipinski definition) is 2. The van der Waals surface area contributed by atoms with Crippen LogP contribution >= 0.6 is 0 Å². The summed E-state index contributed by atoms with van der Waals surface area (Å²) in [6.07, 6.45) is 1.17. The maximum atomic E-state index is 13.3. The summed E-state index contributed by atoms with van der Waals surface area (Å²) in [6, 6.07) is 17.1. The molecule has 2 amide bonds. The van der Waals surface area contributed by atoms with E-state index in [0.717, 1.165) is 16.3 Å². The number of carbonyl (C=O) groups excluding carboxylic acids is 2. The van der Waals surface area contributed by atoms with Crippen LogP contribution < -0.4 is 20.1 Å². The lowest BCUT2D eigenvalue weighted by molar-refractivity contribution is -0.128. The van der Waals surface area contributed by atoms with E-state index in [9.17, 15) is 18.0 Å². The number of amides is 2. The molecular formula is C28H33N3O6S. The first-order chi connectivity index (χ1) is 18.2.